The summed E-state index contributed by atoms with van der Waals surface area (Å²) in [5.74, 6) is 0. The Hall–Kier alpha value is -0.640. The maximum absolute atomic E-state index is 10.9. The number of ether oxygens (including phenoxy) is 4. The molecule has 2 saturated heterocycles. The van der Waals surface area contributed by atoms with E-state index in [9.17, 15) is 46.0 Å². The highest BCUT2D eigenvalue weighted by Crippen LogP contribution is 2.31. The Morgan fingerprint density at radius 2 is 0.971 bits per heavy atom. The maximum Gasteiger partial charge on any atom is 0.187 e. The molecule has 2 heterocycles. The smallest absolute Gasteiger partial charge is 0.187 e. The van der Waals surface area contributed by atoms with Crippen LogP contribution in [0.5, 0.6) is 0 Å². The average molecular weight is 501 g/mol. The van der Waals surface area contributed by atoms with Gasteiger partial charge in [0, 0.05) is 6.54 Å². The Morgan fingerprint density at radius 3 is 1.38 bits per heavy atom. The summed E-state index contributed by atoms with van der Waals surface area (Å²) in [6.07, 6.45) is -22.2. The Labute approximate surface area is 194 Å². The number of rotatable bonds is 6. The first-order valence-electron chi connectivity index (χ1n) is 10.8. The molecule has 34 heavy (non-hydrogen) atoms. The summed E-state index contributed by atoms with van der Waals surface area (Å²) in [5.41, 5.74) is 17.4. The number of hydrogen-bond acceptors (Lipinski definition) is 16. The van der Waals surface area contributed by atoms with Crippen molar-refractivity contribution >= 4 is 0 Å². The molecule has 3 rings (SSSR count). The van der Waals surface area contributed by atoms with Crippen molar-refractivity contribution in [2.24, 2.45) is 17.2 Å². The van der Waals surface area contributed by atoms with Crippen LogP contribution < -0.4 is 17.2 Å². The first kappa shape index (κ1) is 27.9. The Balaban J connectivity index is 1.77. The van der Waals surface area contributed by atoms with E-state index < -0.39 is 105 Å². The quantitative estimate of drug-likeness (QED) is 0.161. The second-order valence-corrected chi connectivity index (χ2v) is 8.78. The zero-order valence-electron chi connectivity index (χ0n) is 18.0. The van der Waals surface area contributed by atoms with Gasteiger partial charge in [0.1, 0.15) is 67.1 Å². The Kier molecular flexibility index (Phi) is 9.18. The van der Waals surface area contributed by atoms with Gasteiger partial charge in [-0.25, -0.2) is 0 Å². The predicted octanol–water partition coefficient (Wildman–Crippen LogP) is -8.29. The molecule has 0 bridgehead atoms. The summed E-state index contributed by atoms with van der Waals surface area (Å²) in [6, 6.07) is -2.69. The van der Waals surface area contributed by atoms with Crippen molar-refractivity contribution in [1.82, 2.24) is 0 Å². The van der Waals surface area contributed by atoms with Crippen LogP contribution in [-0.2, 0) is 18.9 Å². The molecule has 0 amide bonds. The van der Waals surface area contributed by atoms with Gasteiger partial charge in [0.05, 0.1) is 24.8 Å². The molecule has 3 aliphatic rings. The van der Waals surface area contributed by atoms with Crippen LogP contribution in [0.2, 0.25) is 0 Å². The van der Waals surface area contributed by atoms with Gasteiger partial charge in [-0.15, -0.1) is 0 Å². The molecule has 0 spiro atoms. The molecule has 16 atom stereocenters. The number of aliphatic hydroxyl groups excluding tert-OH is 9. The highest BCUT2D eigenvalue weighted by Gasteiger charge is 2.54. The minimum absolute atomic E-state index is 0.236. The van der Waals surface area contributed by atoms with Crippen LogP contribution in [0.3, 0.4) is 0 Å². The van der Waals surface area contributed by atoms with Gasteiger partial charge < -0.3 is 82.1 Å². The van der Waals surface area contributed by atoms with Crippen molar-refractivity contribution in [3.8, 4) is 0 Å². The molecule has 16 nitrogen and oxygen atoms in total. The van der Waals surface area contributed by atoms with Crippen LogP contribution in [0.1, 0.15) is 0 Å². The molecular weight excluding hydrogens is 466 g/mol. The molecule has 0 aromatic rings. The SMILES string of the molecule is NCC1OC(OC2C(N)C(O)C(N)C(OC3OC(CO)C(O)C(O)C3O)C2O)C(O)C(O)C1O. The molecule has 0 radical (unpaired) electrons. The molecule has 0 aromatic carbocycles. The second-order valence-electron chi connectivity index (χ2n) is 8.78. The third kappa shape index (κ3) is 5.09. The van der Waals surface area contributed by atoms with Crippen molar-refractivity contribution in [2.75, 3.05) is 13.2 Å². The fourth-order valence-electron chi connectivity index (χ4n) is 4.34. The lowest BCUT2D eigenvalue weighted by atomic mass is 9.82. The summed E-state index contributed by atoms with van der Waals surface area (Å²) in [4.78, 5) is 0. The number of nitrogens with two attached hydrogens (primary N) is 3. The highest BCUT2D eigenvalue weighted by molar-refractivity contribution is 5.05. The number of aliphatic hydroxyl groups is 9. The molecule has 1 aliphatic carbocycles. The van der Waals surface area contributed by atoms with E-state index in [1.807, 2.05) is 0 Å². The van der Waals surface area contributed by atoms with Crippen LogP contribution >= 0.6 is 0 Å². The van der Waals surface area contributed by atoms with Crippen LogP contribution in [0.4, 0.5) is 0 Å². The van der Waals surface area contributed by atoms with Crippen LogP contribution in [0.25, 0.3) is 0 Å². The third-order valence-electron chi connectivity index (χ3n) is 6.55. The predicted molar refractivity (Wildman–Crippen MR) is 107 cm³/mol. The van der Waals surface area contributed by atoms with Gasteiger partial charge in [-0.2, -0.15) is 0 Å². The zero-order valence-corrected chi connectivity index (χ0v) is 18.0. The summed E-state index contributed by atoms with van der Waals surface area (Å²) < 4.78 is 21.7. The van der Waals surface area contributed by atoms with Crippen molar-refractivity contribution < 1.29 is 64.9 Å². The van der Waals surface area contributed by atoms with E-state index in [4.69, 9.17) is 36.1 Å². The summed E-state index contributed by atoms with van der Waals surface area (Å²) >= 11 is 0. The van der Waals surface area contributed by atoms with Crippen molar-refractivity contribution in [3.05, 3.63) is 0 Å². The number of hydrogen-bond donors (Lipinski definition) is 12. The van der Waals surface area contributed by atoms with Crippen LogP contribution in [0, 0.1) is 0 Å². The van der Waals surface area contributed by atoms with E-state index in [2.05, 4.69) is 0 Å². The first-order valence-corrected chi connectivity index (χ1v) is 10.8. The lowest BCUT2D eigenvalue weighted by Crippen LogP contribution is -2.72. The monoisotopic (exact) mass is 501 g/mol. The molecular formula is C18H35N3O13. The minimum Gasteiger partial charge on any atom is -0.394 e. The second kappa shape index (κ2) is 11.2. The summed E-state index contributed by atoms with van der Waals surface area (Å²) in [5, 5.41) is 91.1. The largest absolute Gasteiger partial charge is 0.394 e. The molecule has 16 unspecified atom stereocenters. The Morgan fingerprint density at radius 1 is 0.559 bits per heavy atom. The topological polar surface area (TPSA) is 297 Å². The third-order valence-corrected chi connectivity index (χ3v) is 6.55. The van der Waals surface area contributed by atoms with Gasteiger partial charge in [-0.05, 0) is 0 Å². The summed E-state index contributed by atoms with van der Waals surface area (Å²) in [6.45, 7) is -0.961. The van der Waals surface area contributed by atoms with E-state index in [0.717, 1.165) is 0 Å². The van der Waals surface area contributed by atoms with E-state index in [-0.39, 0.29) is 6.54 Å². The molecule has 2 aliphatic heterocycles. The van der Waals surface area contributed by atoms with E-state index in [0.29, 0.717) is 0 Å². The molecule has 0 aromatic heterocycles. The fraction of sp³-hybridized carbons (Fsp3) is 1.00. The van der Waals surface area contributed by atoms with Gasteiger partial charge in [-0.1, -0.05) is 0 Å². The molecule has 200 valence electrons. The van der Waals surface area contributed by atoms with E-state index >= 15 is 0 Å². The van der Waals surface area contributed by atoms with Gasteiger partial charge >= 0.3 is 0 Å². The lowest BCUT2D eigenvalue weighted by Gasteiger charge is -2.49. The van der Waals surface area contributed by atoms with E-state index in [1.54, 1.807) is 0 Å². The van der Waals surface area contributed by atoms with Crippen molar-refractivity contribution in [3.63, 3.8) is 0 Å². The summed E-state index contributed by atoms with van der Waals surface area (Å²) in [7, 11) is 0. The lowest BCUT2D eigenvalue weighted by molar-refractivity contribution is -0.343. The molecule has 3 fully saturated rings. The van der Waals surface area contributed by atoms with Crippen LogP contribution in [0.15, 0.2) is 0 Å². The normalized spacial score (nSPS) is 54.7. The highest BCUT2D eigenvalue weighted by atomic mass is 16.7. The zero-order chi connectivity index (χ0) is 25.5. The first-order chi connectivity index (χ1) is 15.9. The fourth-order valence-corrected chi connectivity index (χ4v) is 4.34. The van der Waals surface area contributed by atoms with Gasteiger partial charge in [0.25, 0.3) is 0 Å². The van der Waals surface area contributed by atoms with Crippen molar-refractivity contribution in [1.29, 1.82) is 0 Å². The molecule has 1 saturated carbocycles. The minimum atomic E-state index is -1.81. The molecule has 16 heteroatoms. The van der Waals surface area contributed by atoms with Crippen molar-refractivity contribution in [2.45, 2.75) is 97.9 Å². The molecule has 15 N–H and O–H groups in total. The maximum atomic E-state index is 10.9. The van der Waals surface area contributed by atoms with Gasteiger partial charge in [0.2, 0.25) is 0 Å². The standard InChI is InChI=1S/C18H35N3O13/c19-1-3-7(23)10(26)12(28)17(31-3)33-15-5(20)9(25)6(21)16(14(15)30)34-18-13(29)11(27)8(24)4(2-22)32-18/h3-18,22-30H,1-2,19-21H2. The van der Waals surface area contributed by atoms with Crippen LogP contribution in [-0.4, -0.2) is 157 Å². The Bertz CT molecular complexity index is 611. The average Bonchev–Trinajstić information content (AvgIpc) is 2.82. The van der Waals surface area contributed by atoms with E-state index in [1.165, 1.54) is 0 Å². The van der Waals surface area contributed by atoms with Gasteiger partial charge in [0.15, 0.2) is 12.6 Å². The van der Waals surface area contributed by atoms with Gasteiger partial charge in [-0.3, -0.25) is 0 Å².